The van der Waals surface area contributed by atoms with Gasteiger partial charge in [0.25, 0.3) is 0 Å². The average Bonchev–Trinajstić information content (AvgIpc) is 3.11. The highest BCUT2D eigenvalue weighted by atomic mass is 16.5. The quantitative estimate of drug-likeness (QED) is 0.708. The maximum atomic E-state index is 5.62. The van der Waals surface area contributed by atoms with Crippen molar-refractivity contribution in [2.24, 2.45) is 0 Å². The number of nitrogens with one attached hydrogen (secondary N) is 1. The maximum absolute atomic E-state index is 5.62. The molecule has 0 aromatic carbocycles. The zero-order valence-electron chi connectivity index (χ0n) is 13.6. The second-order valence-electron chi connectivity index (χ2n) is 5.39. The van der Waals surface area contributed by atoms with E-state index in [1.54, 1.807) is 18.7 Å². The molecule has 3 aromatic heterocycles. The van der Waals surface area contributed by atoms with Crippen molar-refractivity contribution in [3.05, 3.63) is 49.4 Å². The highest BCUT2D eigenvalue weighted by Crippen LogP contribution is 2.17. The Morgan fingerprint density at radius 2 is 2.08 bits per heavy atom. The van der Waals surface area contributed by atoms with Gasteiger partial charge in [-0.25, -0.2) is 19.9 Å². The van der Waals surface area contributed by atoms with Gasteiger partial charge in [-0.1, -0.05) is 0 Å². The van der Waals surface area contributed by atoms with Crippen molar-refractivity contribution >= 4 is 11.6 Å². The third-order valence-corrected chi connectivity index (χ3v) is 3.22. The van der Waals surface area contributed by atoms with Gasteiger partial charge in [-0.05, 0) is 26.2 Å². The van der Waals surface area contributed by atoms with E-state index >= 15 is 0 Å². The second kappa shape index (κ2) is 7.51. The lowest BCUT2D eigenvalue weighted by molar-refractivity contribution is 0.260. The first kappa shape index (κ1) is 15.9. The van der Waals surface area contributed by atoms with E-state index < -0.39 is 0 Å². The van der Waals surface area contributed by atoms with Crippen LogP contribution in [0.1, 0.15) is 0 Å². The van der Waals surface area contributed by atoms with Crippen molar-refractivity contribution in [2.45, 2.75) is 0 Å². The Morgan fingerprint density at radius 3 is 2.79 bits per heavy atom. The van der Waals surface area contributed by atoms with Crippen LogP contribution in [-0.2, 0) is 0 Å². The zero-order valence-corrected chi connectivity index (χ0v) is 13.6. The highest BCUT2D eigenvalue weighted by molar-refractivity contribution is 5.53. The summed E-state index contributed by atoms with van der Waals surface area (Å²) in [6.45, 7) is 1.49. The molecular weight excluding hydrogens is 306 g/mol. The summed E-state index contributed by atoms with van der Waals surface area (Å²) in [6.07, 6.45) is 8.40. The van der Waals surface area contributed by atoms with Crippen molar-refractivity contribution in [1.82, 2.24) is 29.4 Å². The zero-order chi connectivity index (χ0) is 16.8. The van der Waals surface area contributed by atoms with Crippen LogP contribution in [-0.4, -0.2) is 56.6 Å². The first-order valence-corrected chi connectivity index (χ1v) is 7.52. The average molecular weight is 325 g/mol. The van der Waals surface area contributed by atoms with Gasteiger partial charge in [0, 0.05) is 25.0 Å². The number of hydrogen-bond acceptors (Lipinski definition) is 7. The van der Waals surface area contributed by atoms with Crippen LogP contribution in [0.25, 0.3) is 5.82 Å². The number of aromatic nitrogens is 5. The van der Waals surface area contributed by atoms with Gasteiger partial charge in [-0.2, -0.15) is 0 Å². The summed E-state index contributed by atoms with van der Waals surface area (Å²) < 4.78 is 7.43. The van der Waals surface area contributed by atoms with Crippen molar-refractivity contribution in [3.63, 3.8) is 0 Å². The third-order valence-electron chi connectivity index (χ3n) is 3.22. The lowest BCUT2D eigenvalue weighted by Crippen LogP contribution is -2.19. The van der Waals surface area contributed by atoms with Crippen LogP contribution < -0.4 is 10.1 Å². The molecule has 0 radical (unpaired) electrons. The van der Waals surface area contributed by atoms with Gasteiger partial charge >= 0.3 is 0 Å². The molecule has 0 aliphatic carbocycles. The fourth-order valence-corrected chi connectivity index (χ4v) is 1.97. The summed E-state index contributed by atoms with van der Waals surface area (Å²) >= 11 is 0. The van der Waals surface area contributed by atoms with E-state index in [0.29, 0.717) is 18.2 Å². The minimum Gasteiger partial charge on any atom is -0.491 e. The summed E-state index contributed by atoms with van der Waals surface area (Å²) in [7, 11) is 4.02. The molecule has 0 aliphatic heterocycles. The fourth-order valence-electron chi connectivity index (χ4n) is 1.97. The van der Waals surface area contributed by atoms with E-state index in [4.69, 9.17) is 4.74 Å². The Morgan fingerprint density at radius 1 is 1.17 bits per heavy atom. The van der Waals surface area contributed by atoms with E-state index in [2.05, 4.69) is 30.2 Å². The summed E-state index contributed by atoms with van der Waals surface area (Å²) in [5.74, 6) is 2.81. The molecule has 8 heteroatoms. The predicted octanol–water partition coefficient (Wildman–Crippen LogP) is 1.74. The number of rotatable bonds is 7. The Bertz CT molecular complexity index is 756. The minimum absolute atomic E-state index is 0.627. The molecule has 3 rings (SSSR count). The smallest absolute Gasteiger partial charge is 0.143 e. The number of hydrogen-bond donors (Lipinski definition) is 1. The van der Waals surface area contributed by atoms with Crippen molar-refractivity contribution < 1.29 is 4.74 Å². The predicted molar refractivity (Wildman–Crippen MR) is 90.7 cm³/mol. The summed E-state index contributed by atoms with van der Waals surface area (Å²) in [5.41, 5.74) is 0. The molecule has 0 aliphatic rings. The molecule has 3 aromatic rings. The number of imidazole rings is 1. The van der Waals surface area contributed by atoms with Gasteiger partial charge in [0.2, 0.25) is 0 Å². The molecule has 0 saturated carbocycles. The first-order valence-electron chi connectivity index (χ1n) is 7.52. The maximum Gasteiger partial charge on any atom is 0.143 e. The number of pyridine rings is 1. The van der Waals surface area contributed by atoms with Crippen LogP contribution in [0, 0.1) is 0 Å². The van der Waals surface area contributed by atoms with Crippen LogP contribution in [0.2, 0.25) is 0 Å². The molecule has 124 valence electrons. The van der Waals surface area contributed by atoms with E-state index in [1.165, 1.54) is 6.33 Å². The molecule has 0 atom stereocenters. The number of ether oxygens (including phenoxy) is 1. The number of likely N-dealkylation sites (N-methyl/N-ethyl adjacent to an activating group) is 1. The van der Waals surface area contributed by atoms with Gasteiger partial charge < -0.3 is 15.0 Å². The molecule has 0 amide bonds. The third kappa shape index (κ3) is 4.26. The Labute approximate surface area is 140 Å². The second-order valence-corrected chi connectivity index (χ2v) is 5.39. The highest BCUT2D eigenvalue weighted by Gasteiger charge is 2.03. The molecule has 0 spiro atoms. The van der Waals surface area contributed by atoms with Crippen LogP contribution in [0.3, 0.4) is 0 Å². The molecule has 24 heavy (non-hydrogen) atoms. The SMILES string of the molecule is CN(C)CCOc1ccc(Nc2cc(-n3ccnc3)ncn2)nc1. The first-order chi connectivity index (χ1) is 11.7. The molecule has 1 N–H and O–H groups in total. The summed E-state index contributed by atoms with van der Waals surface area (Å²) in [6, 6.07) is 5.55. The molecule has 8 nitrogen and oxygen atoms in total. The fraction of sp³-hybridized carbons (Fsp3) is 0.250. The van der Waals surface area contributed by atoms with Gasteiger partial charge in [0.15, 0.2) is 0 Å². The molecule has 0 unspecified atom stereocenters. The summed E-state index contributed by atoms with van der Waals surface area (Å²) in [4.78, 5) is 18.8. The number of anilines is 2. The van der Waals surface area contributed by atoms with Crippen LogP contribution in [0.5, 0.6) is 5.75 Å². The van der Waals surface area contributed by atoms with Gasteiger partial charge in [-0.15, -0.1) is 0 Å². The Hall–Kier alpha value is -3.00. The Balaban J connectivity index is 1.63. The van der Waals surface area contributed by atoms with Crippen molar-refractivity contribution in [3.8, 4) is 11.6 Å². The van der Waals surface area contributed by atoms with E-state index in [-0.39, 0.29) is 0 Å². The van der Waals surface area contributed by atoms with E-state index in [1.807, 2.05) is 43.1 Å². The lowest BCUT2D eigenvalue weighted by Gasteiger charge is -2.11. The van der Waals surface area contributed by atoms with Crippen LogP contribution in [0.15, 0.2) is 49.4 Å². The van der Waals surface area contributed by atoms with Gasteiger partial charge in [0.05, 0.1) is 6.20 Å². The Kier molecular flexibility index (Phi) is 4.97. The monoisotopic (exact) mass is 325 g/mol. The summed E-state index contributed by atoms with van der Waals surface area (Å²) in [5, 5.41) is 3.15. The van der Waals surface area contributed by atoms with E-state index in [0.717, 1.165) is 18.1 Å². The largest absolute Gasteiger partial charge is 0.491 e. The van der Waals surface area contributed by atoms with E-state index in [9.17, 15) is 0 Å². The topological polar surface area (TPSA) is 81.0 Å². The normalized spacial score (nSPS) is 10.8. The van der Waals surface area contributed by atoms with Gasteiger partial charge in [-0.3, -0.25) is 4.57 Å². The molecular formula is C16H19N7O. The number of nitrogens with zero attached hydrogens (tertiary/aromatic N) is 6. The van der Waals surface area contributed by atoms with Gasteiger partial charge in [0.1, 0.15) is 42.5 Å². The molecule has 3 heterocycles. The molecule has 0 bridgehead atoms. The van der Waals surface area contributed by atoms with Crippen molar-refractivity contribution in [2.75, 3.05) is 32.6 Å². The minimum atomic E-state index is 0.627. The molecule has 0 fully saturated rings. The standard InChI is InChI=1S/C16H19N7O/c1-22(2)7-8-24-13-3-4-14(18-10-13)21-15-9-16(20-11-19-15)23-6-5-17-12-23/h3-6,9-12H,7-8H2,1-2H3,(H,18,19,20,21). The molecule has 0 saturated heterocycles. The van der Waals surface area contributed by atoms with Crippen molar-refractivity contribution in [1.29, 1.82) is 0 Å². The van der Waals surface area contributed by atoms with Crippen LogP contribution in [0.4, 0.5) is 11.6 Å². The lowest BCUT2D eigenvalue weighted by atomic mass is 10.4. The van der Waals surface area contributed by atoms with Crippen LogP contribution >= 0.6 is 0 Å².